The van der Waals surface area contributed by atoms with Crippen molar-refractivity contribution in [2.75, 3.05) is 13.7 Å². The Balaban J connectivity index is 3.14. The minimum Gasteiger partial charge on any atom is -0.496 e. The van der Waals surface area contributed by atoms with E-state index in [0.29, 0.717) is 0 Å². The first-order chi connectivity index (χ1) is 6.20. The van der Waals surface area contributed by atoms with Gasteiger partial charge in [0.15, 0.2) is 0 Å². The maximum absolute atomic E-state index is 8.95. The van der Waals surface area contributed by atoms with Crippen LogP contribution in [0, 0.1) is 6.92 Å². The number of methoxy groups -OCH3 is 1. The highest BCUT2D eigenvalue weighted by molar-refractivity contribution is 5.41. The van der Waals surface area contributed by atoms with Gasteiger partial charge < -0.3 is 15.6 Å². The Morgan fingerprint density at radius 1 is 1.54 bits per heavy atom. The van der Waals surface area contributed by atoms with E-state index in [4.69, 9.17) is 15.6 Å². The van der Waals surface area contributed by atoms with Gasteiger partial charge in [-0.3, -0.25) is 0 Å². The summed E-state index contributed by atoms with van der Waals surface area (Å²) in [6.07, 6.45) is 0. The topological polar surface area (TPSA) is 55.5 Å². The van der Waals surface area contributed by atoms with E-state index in [1.165, 1.54) is 0 Å². The van der Waals surface area contributed by atoms with Gasteiger partial charge in [0, 0.05) is 5.56 Å². The molecule has 1 atom stereocenters. The molecule has 3 nitrogen and oxygen atoms in total. The second-order valence-corrected chi connectivity index (χ2v) is 2.98. The molecule has 0 saturated carbocycles. The molecule has 0 heterocycles. The number of aliphatic hydroxyl groups excluding tert-OH is 1. The average Bonchev–Trinajstić information content (AvgIpc) is 2.16. The monoisotopic (exact) mass is 181 g/mol. The van der Waals surface area contributed by atoms with E-state index in [-0.39, 0.29) is 12.6 Å². The van der Waals surface area contributed by atoms with E-state index in [0.717, 1.165) is 16.9 Å². The lowest BCUT2D eigenvalue weighted by Crippen LogP contribution is -2.16. The van der Waals surface area contributed by atoms with Gasteiger partial charge >= 0.3 is 0 Å². The third-order valence-corrected chi connectivity index (χ3v) is 2.07. The normalized spacial score (nSPS) is 12.6. The highest BCUT2D eigenvalue weighted by Gasteiger charge is 2.12. The Hall–Kier alpha value is -1.06. The first kappa shape index (κ1) is 10.0. The molecule has 0 aliphatic heterocycles. The van der Waals surface area contributed by atoms with Crippen molar-refractivity contribution < 1.29 is 9.84 Å². The summed E-state index contributed by atoms with van der Waals surface area (Å²) in [4.78, 5) is 0. The molecule has 0 amide bonds. The van der Waals surface area contributed by atoms with Gasteiger partial charge in [-0.15, -0.1) is 0 Å². The van der Waals surface area contributed by atoms with Crippen molar-refractivity contribution in [2.45, 2.75) is 13.0 Å². The Morgan fingerprint density at radius 3 is 2.77 bits per heavy atom. The zero-order valence-corrected chi connectivity index (χ0v) is 7.95. The predicted octanol–water partition coefficient (Wildman–Crippen LogP) is 0.996. The predicted molar refractivity (Wildman–Crippen MR) is 51.7 cm³/mol. The van der Waals surface area contributed by atoms with E-state index in [1.807, 2.05) is 25.1 Å². The number of benzene rings is 1. The quantitative estimate of drug-likeness (QED) is 0.731. The van der Waals surface area contributed by atoms with Gasteiger partial charge in [-0.05, 0) is 18.6 Å². The molecular formula is C10H15NO2. The van der Waals surface area contributed by atoms with Crippen molar-refractivity contribution >= 4 is 0 Å². The van der Waals surface area contributed by atoms with Crippen LogP contribution < -0.4 is 10.5 Å². The summed E-state index contributed by atoms with van der Waals surface area (Å²) in [7, 11) is 1.60. The van der Waals surface area contributed by atoms with Crippen LogP contribution in [0.5, 0.6) is 5.75 Å². The number of hydrogen-bond acceptors (Lipinski definition) is 3. The van der Waals surface area contributed by atoms with E-state index in [2.05, 4.69) is 0 Å². The molecule has 3 N–H and O–H groups in total. The lowest BCUT2D eigenvalue weighted by Gasteiger charge is -2.15. The van der Waals surface area contributed by atoms with Crippen LogP contribution in [-0.2, 0) is 0 Å². The molecule has 0 bridgehead atoms. The van der Waals surface area contributed by atoms with Crippen LogP contribution in [0.1, 0.15) is 17.2 Å². The van der Waals surface area contributed by atoms with Crippen LogP contribution in [0.25, 0.3) is 0 Å². The summed E-state index contributed by atoms with van der Waals surface area (Å²) in [6, 6.07) is 5.34. The van der Waals surface area contributed by atoms with E-state index < -0.39 is 0 Å². The molecule has 0 aliphatic carbocycles. The Bertz CT molecular complexity index is 286. The van der Waals surface area contributed by atoms with E-state index in [1.54, 1.807) is 7.11 Å². The van der Waals surface area contributed by atoms with E-state index in [9.17, 15) is 0 Å². The first-order valence-corrected chi connectivity index (χ1v) is 4.20. The minimum atomic E-state index is -0.365. The number of rotatable bonds is 3. The summed E-state index contributed by atoms with van der Waals surface area (Å²) in [5, 5.41) is 8.95. The minimum absolute atomic E-state index is 0.0682. The fourth-order valence-electron chi connectivity index (χ4n) is 1.40. The number of ether oxygens (including phenoxy) is 1. The van der Waals surface area contributed by atoms with Crippen molar-refractivity contribution in [3.8, 4) is 5.75 Å². The second kappa shape index (κ2) is 4.25. The molecule has 0 aromatic heterocycles. The first-order valence-electron chi connectivity index (χ1n) is 4.20. The fourth-order valence-corrected chi connectivity index (χ4v) is 1.40. The molecule has 0 radical (unpaired) electrons. The van der Waals surface area contributed by atoms with Crippen molar-refractivity contribution in [3.05, 3.63) is 29.3 Å². The molecule has 0 saturated heterocycles. The lowest BCUT2D eigenvalue weighted by atomic mass is 10.0. The van der Waals surface area contributed by atoms with Crippen LogP contribution in [0.3, 0.4) is 0 Å². The van der Waals surface area contributed by atoms with Crippen molar-refractivity contribution in [1.82, 2.24) is 0 Å². The van der Waals surface area contributed by atoms with Gasteiger partial charge in [0.25, 0.3) is 0 Å². The Kier molecular flexibility index (Phi) is 3.28. The molecule has 0 spiro atoms. The third-order valence-electron chi connectivity index (χ3n) is 2.07. The van der Waals surface area contributed by atoms with Crippen LogP contribution in [0.4, 0.5) is 0 Å². The summed E-state index contributed by atoms with van der Waals surface area (Å²) in [5.74, 6) is 0.738. The summed E-state index contributed by atoms with van der Waals surface area (Å²) in [5.41, 5.74) is 7.67. The van der Waals surface area contributed by atoms with Gasteiger partial charge in [-0.25, -0.2) is 0 Å². The van der Waals surface area contributed by atoms with Crippen molar-refractivity contribution in [3.63, 3.8) is 0 Å². The Labute approximate surface area is 78.1 Å². The molecule has 0 aliphatic rings. The second-order valence-electron chi connectivity index (χ2n) is 2.98. The lowest BCUT2D eigenvalue weighted by molar-refractivity contribution is 0.264. The average molecular weight is 181 g/mol. The smallest absolute Gasteiger partial charge is 0.123 e. The number of aliphatic hydroxyl groups is 1. The standard InChI is InChI=1S/C10H15NO2/c1-7-4-3-5-9(13-2)10(7)8(11)6-12/h3-5,8,12H,6,11H2,1-2H3/t8-/m0/s1. The van der Waals surface area contributed by atoms with Gasteiger partial charge in [0.2, 0.25) is 0 Å². The molecule has 0 unspecified atom stereocenters. The molecule has 0 fully saturated rings. The summed E-state index contributed by atoms with van der Waals surface area (Å²) in [6.45, 7) is 1.88. The third kappa shape index (κ3) is 1.99. The number of aryl methyl sites for hydroxylation is 1. The maximum Gasteiger partial charge on any atom is 0.123 e. The molecule has 72 valence electrons. The molecule has 1 rings (SSSR count). The highest BCUT2D eigenvalue weighted by Crippen LogP contribution is 2.26. The SMILES string of the molecule is COc1cccc(C)c1[C@@H](N)CO. The van der Waals surface area contributed by atoms with Crippen LogP contribution >= 0.6 is 0 Å². The molecular weight excluding hydrogens is 166 g/mol. The summed E-state index contributed by atoms with van der Waals surface area (Å²) >= 11 is 0. The largest absolute Gasteiger partial charge is 0.496 e. The number of nitrogens with two attached hydrogens (primary N) is 1. The van der Waals surface area contributed by atoms with Gasteiger partial charge in [-0.2, -0.15) is 0 Å². The van der Waals surface area contributed by atoms with Gasteiger partial charge in [0.1, 0.15) is 5.75 Å². The number of hydrogen-bond donors (Lipinski definition) is 2. The maximum atomic E-state index is 8.95. The van der Waals surface area contributed by atoms with Crippen molar-refractivity contribution in [2.24, 2.45) is 5.73 Å². The van der Waals surface area contributed by atoms with Crippen LogP contribution in [-0.4, -0.2) is 18.8 Å². The van der Waals surface area contributed by atoms with Crippen LogP contribution in [0.2, 0.25) is 0 Å². The summed E-state index contributed by atoms with van der Waals surface area (Å²) < 4.78 is 5.16. The van der Waals surface area contributed by atoms with Gasteiger partial charge in [0.05, 0.1) is 19.8 Å². The van der Waals surface area contributed by atoms with Gasteiger partial charge in [-0.1, -0.05) is 12.1 Å². The molecule has 1 aromatic rings. The zero-order chi connectivity index (χ0) is 9.84. The van der Waals surface area contributed by atoms with Crippen molar-refractivity contribution in [1.29, 1.82) is 0 Å². The molecule has 3 heteroatoms. The Morgan fingerprint density at radius 2 is 2.23 bits per heavy atom. The molecule has 13 heavy (non-hydrogen) atoms. The fraction of sp³-hybridized carbons (Fsp3) is 0.400. The zero-order valence-electron chi connectivity index (χ0n) is 7.95. The molecule has 1 aromatic carbocycles. The van der Waals surface area contributed by atoms with E-state index >= 15 is 0 Å². The van der Waals surface area contributed by atoms with Crippen LogP contribution in [0.15, 0.2) is 18.2 Å². The highest BCUT2D eigenvalue weighted by atomic mass is 16.5.